The summed E-state index contributed by atoms with van der Waals surface area (Å²) in [5, 5.41) is 0. The molecule has 1 aliphatic carbocycles. The fraction of sp³-hybridized carbons (Fsp3) is 0.214. The Labute approximate surface area is 106 Å². The van der Waals surface area contributed by atoms with E-state index in [1.54, 1.807) is 18.1 Å². The molecule has 0 saturated carbocycles. The summed E-state index contributed by atoms with van der Waals surface area (Å²) in [6, 6.07) is 12.6. The lowest BCUT2D eigenvalue weighted by atomic mass is 10.1. The van der Waals surface area contributed by atoms with E-state index in [2.05, 4.69) is 27.9 Å². The van der Waals surface area contributed by atoms with Crippen LogP contribution in [0.2, 0.25) is 0 Å². The van der Waals surface area contributed by atoms with Gasteiger partial charge in [-0.15, -0.1) is 0 Å². The topological polar surface area (TPSA) is 24.9 Å². The Morgan fingerprint density at radius 2 is 2.00 bits per heavy atom. The van der Waals surface area contributed by atoms with E-state index in [4.69, 9.17) is 0 Å². The van der Waals surface area contributed by atoms with Crippen LogP contribution in [-0.2, 0) is 12.8 Å². The third kappa shape index (κ3) is 2.44. The zero-order valence-corrected chi connectivity index (χ0v) is 10.3. The molecule has 0 radical (unpaired) electrons. The summed E-state index contributed by atoms with van der Waals surface area (Å²) in [4.78, 5) is 5.49. The molecule has 0 saturated heterocycles. The molecule has 0 spiro atoms. The van der Waals surface area contributed by atoms with E-state index in [-0.39, 0.29) is 0 Å². The van der Waals surface area contributed by atoms with Crippen molar-refractivity contribution in [2.45, 2.75) is 24.2 Å². The van der Waals surface area contributed by atoms with E-state index in [1.807, 2.05) is 18.2 Å². The molecule has 1 aliphatic rings. The van der Waals surface area contributed by atoms with Crippen LogP contribution in [0.4, 0.5) is 5.82 Å². The number of nitrogens with zero attached hydrogens (tertiary/aromatic N) is 1. The lowest BCUT2D eigenvalue weighted by molar-refractivity contribution is 0.911. The Hall–Kier alpha value is -1.48. The lowest BCUT2D eigenvalue weighted by Gasteiger charge is -2.06. The first-order valence-electron chi connectivity index (χ1n) is 5.87. The molecule has 17 heavy (non-hydrogen) atoms. The highest BCUT2D eigenvalue weighted by Crippen LogP contribution is 2.27. The van der Waals surface area contributed by atoms with Gasteiger partial charge >= 0.3 is 0 Å². The average molecular weight is 242 g/mol. The molecule has 0 unspecified atom stereocenters. The highest BCUT2D eigenvalue weighted by molar-refractivity contribution is 8.00. The first-order valence-corrected chi connectivity index (χ1v) is 6.69. The highest BCUT2D eigenvalue weighted by Gasteiger charge is 2.10. The molecule has 1 heterocycles. The number of anilines is 1. The van der Waals surface area contributed by atoms with Gasteiger partial charge in [0.15, 0.2) is 0 Å². The predicted octanol–water partition coefficient (Wildman–Crippen LogP) is 3.69. The van der Waals surface area contributed by atoms with Crippen LogP contribution >= 0.6 is 11.9 Å². The van der Waals surface area contributed by atoms with Crippen molar-refractivity contribution in [1.82, 2.24) is 4.98 Å². The predicted molar refractivity (Wildman–Crippen MR) is 72.2 cm³/mol. The summed E-state index contributed by atoms with van der Waals surface area (Å²) in [6.07, 6.45) is 5.57. The molecule has 3 heteroatoms. The summed E-state index contributed by atoms with van der Waals surface area (Å²) in [6.45, 7) is 0. The van der Waals surface area contributed by atoms with Gasteiger partial charge in [0.05, 0.1) is 0 Å². The van der Waals surface area contributed by atoms with Crippen molar-refractivity contribution in [3.8, 4) is 0 Å². The van der Waals surface area contributed by atoms with Crippen molar-refractivity contribution >= 4 is 17.8 Å². The Morgan fingerprint density at radius 3 is 2.88 bits per heavy atom. The van der Waals surface area contributed by atoms with Gasteiger partial charge in [0, 0.05) is 11.1 Å². The van der Waals surface area contributed by atoms with Crippen LogP contribution in [0, 0.1) is 0 Å². The summed E-state index contributed by atoms with van der Waals surface area (Å²) in [5.74, 6) is 0.901. The molecule has 0 fully saturated rings. The molecule has 2 nitrogen and oxygen atoms in total. The van der Waals surface area contributed by atoms with Gasteiger partial charge in [-0.25, -0.2) is 4.98 Å². The van der Waals surface area contributed by atoms with Crippen LogP contribution in [0.5, 0.6) is 0 Å². The van der Waals surface area contributed by atoms with Crippen LogP contribution in [0.3, 0.4) is 0 Å². The van der Waals surface area contributed by atoms with Gasteiger partial charge in [0.2, 0.25) is 0 Å². The Balaban J connectivity index is 1.70. The van der Waals surface area contributed by atoms with Gasteiger partial charge < -0.3 is 4.72 Å². The number of aryl methyl sites for hydroxylation is 2. The molecule has 2 aromatic rings. The molecular formula is C14H14N2S. The van der Waals surface area contributed by atoms with Crippen LogP contribution in [0.25, 0.3) is 0 Å². The van der Waals surface area contributed by atoms with Gasteiger partial charge in [0.25, 0.3) is 0 Å². The van der Waals surface area contributed by atoms with Crippen LogP contribution in [0.1, 0.15) is 17.5 Å². The molecule has 1 aromatic carbocycles. The molecule has 3 rings (SSSR count). The maximum atomic E-state index is 4.23. The first kappa shape index (κ1) is 10.7. The fourth-order valence-electron chi connectivity index (χ4n) is 2.15. The molecule has 0 atom stereocenters. The minimum atomic E-state index is 0.901. The minimum Gasteiger partial charge on any atom is -0.310 e. The molecule has 0 aliphatic heterocycles. The minimum absolute atomic E-state index is 0.901. The van der Waals surface area contributed by atoms with Gasteiger partial charge in [-0.05, 0) is 66.6 Å². The maximum absolute atomic E-state index is 4.23. The standard InChI is InChI=1S/C14H14N2S/c1-2-9-15-14(6-1)16-17-13-8-7-11-4-3-5-12(11)10-13/h1-2,6-10H,3-5H2,(H,15,16). The number of benzene rings is 1. The van der Waals surface area contributed by atoms with E-state index < -0.39 is 0 Å². The fourth-order valence-corrected chi connectivity index (χ4v) is 2.83. The van der Waals surface area contributed by atoms with Gasteiger partial charge in [0.1, 0.15) is 5.82 Å². The Bertz CT molecular complexity index is 511. The summed E-state index contributed by atoms with van der Waals surface area (Å²) in [7, 11) is 0. The van der Waals surface area contributed by atoms with Gasteiger partial charge in [-0.3, -0.25) is 0 Å². The SMILES string of the molecule is c1ccc(NSc2ccc3c(c2)CCC3)nc1. The Morgan fingerprint density at radius 1 is 1.06 bits per heavy atom. The molecule has 0 amide bonds. The second-order valence-corrected chi connectivity index (χ2v) is 5.08. The van der Waals surface area contributed by atoms with E-state index in [0.29, 0.717) is 0 Å². The summed E-state index contributed by atoms with van der Waals surface area (Å²) in [5.41, 5.74) is 3.03. The number of pyridine rings is 1. The highest BCUT2D eigenvalue weighted by atomic mass is 32.2. The number of aromatic nitrogens is 1. The molecule has 1 aromatic heterocycles. The van der Waals surface area contributed by atoms with Gasteiger partial charge in [-0.2, -0.15) is 0 Å². The van der Waals surface area contributed by atoms with Crippen molar-refractivity contribution < 1.29 is 0 Å². The van der Waals surface area contributed by atoms with Crippen LogP contribution in [-0.4, -0.2) is 4.98 Å². The van der Waals surface area contributed by atoms with Crippen molar-refractivity contribution in [3.05, 3.63) is 53.7 Å². The number of rotatable bonds is 3. The number of fused-ring (bicyclic) bond motifs is 1. The number of hydrogen-bond donors (Lipinski definition) is 1. The third-order valence-electron chi connectivity index (χ3n) is 3.01. The average Bonchev–Trinajstić information content (AvgIpc) is 2.85. The van der Waals surface area contributed by atoms with Crippen molar-refractivity contribution in [3.63, 3.8) is 0 Å². The lowest BCUT2D eigenvalue weighted by Crippen LogP contribution is -1.90. The largest absolute Gasteiger partial charge is 0.310 e. The monoisotopic (exact) mass is 242 g/mol. The second kappa shape index (κ2) is 4.80. The molecule has 0 bridgehead atoms. The zero-order valence-electron chi connectivity index (χ0n) is 9.52. The molecular weight excluding hydrogens is 228 g/mol. The van der Waals surface area contributed by atoms with E-state index >= 15 is 0 Å². The van der Waals surface area contributed by atoms with Crippen molar-refractivity contribution in [2.24, 2.45) is 0 Å². The summed E-state index contributed by atoms with van der Waals surface area (Å²) >= 11 is 1.63. The molecule has 1 N–H and O–H groups in total. The van der Waals surface area contributed by atoms with Crippen LogP contribution < -0.4 is 4.72 Å². The van der Waals surface area contributed by atoms with Crippen LogP contribution in [0.15, 0.2) is 47.5 Å². The van der Waals surface area contributed by atoms with Gasteiger partial charge in [-0.1, -0.05) is 12.1 Å². The zero-order chi connectivity index (χ0) is 11.5. The first-order chi connectivity index (χ1) is 8.42. The Kier molecular flexibility index (Phi) is 3.01. The maximum Gasteiger partial charge on any atom is 0.136 e. The van der Waals surface area contributed by atoms with E-state index in [1.165, 1.54) is 35.3 Å². The van der Waals surface area contributed by atoms with E-state index in [0.717, 1.165) is 5.82 Å². The van der Waals surface area contributed by atoms with Crippen molar-refractivity contribution in [2.75, 3.05) is 4.72 Å². The second-order valence-electron chi connectivity index (χ2n) is 4.20. The van der Waals surface area contributed by atoms with Crippen molar-refractivity contribution in [1.29, 1.82) is 0 Å². The molecule has 86 valence electrons. The smallest absolute Gasteiger partial charge is 0.136 e. The third-order valence-corrected chi connectivity index (χ3v) is 3.81. The quantitative estimate of drug-likeness (QED) is 0.831. The van der Waals surface area contributed by atoms with E-state index in [9.17, 15) is 0 Å². The summed E-state index contributed by atoms with van der Waals surface area (Å²) < 4.78 is 3.26. The number of hydrogen-bond acceptors (Lipinski definition) is 3. The normalized spacial score (nSPS) is 13.4. The number of nitrogens with one attached hydrogen (secondary N) is 1.